The van der Waals surface area contributed by atoms with Crippen LogP contribution in [0.1, 0.15) is 38.4 Å². The normalized spacial score (nSPS) is 19.5. The van der Waals surface area contributed by atoms with Crippen LogP contribution < -0.4 is 16.2 Å². The number of carbonyl (C=O) groups is 2. The molecule has 1 saturated carbocycles. The van der Waals surface area contributed by atoms with Crippen LogP contribution >= 0.6 is 0 Å². The number of likely N-dealkylation sites (N-methyl/N-ethyl adjacent to an activating group) is 1. The number of hydrogen-bond donors (Lipinski definition) is 3. The number of H-pyrrole nitrogens is 1. The van der Waals surface area contributed by atoms with E-state index >= 15 is 0 Å². The van der Waals surface area contributed by atoms with E-state index in [0.717, 1.165) is 19.3 Å². The van der Waals surface area contributed by atoms with Crippen molar-refractivity contribution in [1.29, 1.82) is 0 Å². The minimum atomic E-state index is -0.450. The number of hydrogen-bond acceptors (Lipinski definition) is 5. The standard InChI is InChI=1S/C20H27N5O3/c1-13-7-3-5-9-15(13)22-20(28)24-18(26)12-25(2)11-17-21-16-10-6-4-8-14(16)19(27)23-17/h4,6,8,10,13,15H,3,5,7,9,11-12H2,1-2H3,(H,21,23,27)(H2,22,24,26,28)/t13-,15-/m1/s1. The van der Waals surface area contributed by atoms with Crippen LogP contribution in [0.5, 0.6) is 0 Å². The molecule has 0 saturated heterocycles. The Balaban J connectivity index is 1.51. The van der Waals surface area contributed by atoms with Gasteiger partial charge in [0, 0.05) is 6.04 Å². The Bertz CT molecular complexity index is 910. The number of aromatic amines is 1. The first kappa shape index (κ1) is 20.0. The van der Waals surface area contributed by atoms with Crippen molar-refractivity contribution < 1.29 is 9.59 Å². The third kappa shape index (κ3) is 5.16. The molecule has 8 nitrogen and oxygen atoms in total. The fourth-order valence-electron chi connectivity index (χ4n) is 3.67. The molecule has 1 aromatic carbocycles. The van der Waals surface area contributed by atoms with E-state index in [-0.39, 0.29) is 24.7 Å². The quantitative estimate of drug-likeness (QED) is 0.727. The zero-order valence-electron chi connectivity index (χ0n) is 16.3. The first-order chi connectivity index (χ1) is 13.4. The predicted octanol–water partition coefficient (Wildman–Crippen LogP) is 1.76. The fourth-order valence-corrected chi connectivity index (χ4v) is 3.67. The Morgan fingerprint density at radius 2 is 2.00 bits per heavy atom. The summed E-state index contributed by atoms with van der Waals surface area (Å²) < 4.78 is 0. The van der Waals surface area contributed by atoms with Gasteiger partial charge in [0.25, 0.3) is 5.56 Å². The Morgan fingerprint density at radius 3 is 2.79 bits per heavy atom. The van der Waals surface area contributed by atoms with E-state index in [1.165, 1.54) is 6.42 Å². The summed E-state index contributed by atoms with van der Waals surface area (Å²) in [6.45, 7) is 2.43. The number of nitrogens with one attached hydrogen (secondary N) is 3. The van der Waals surface area contributed by atoms with Crippen LogP contribution in [0.3, 0.4) is 0 Å². The summed E-state index contributed by atoms with van der Waals surface area (Å²) in [7, 11) is 1.73. The van der Waals surface area contributed by atoms with E-state index in [2.05, 4.69) is 27.5 Å². The molecule has 1 fully saturated rings. The molecule has 3 amide bonds. The van der Waals surface area contributed by atoms with Gasteiger partial charge < -0.3 is 10.3 Å². The van der Waals surface area contributed by atoms with Gasteiger partial charge in [-0.1, -0.05) is 31.9 Å². The molecule has 0 unspecified atom stereocenters. The van der Waals surface area contributed by atoms with E-state index in [1.54, 1.807) is 30.1 Å². The maximum Gasteiger partial charge on any atom is 0.321 e. The van der Waals surface area contributed by atoms with Crippen LogP contribution in [-0.2, 0) is 11.3 Å². The molecule has 0 radical (unpaired) electrons. The van der Waals surface area contributed by atoms with E-state index < -0.39 is 11.9 Å². The smallest absolute Gasteiger partial charge is 0.321 e. The van der Waals surface area contributed by atoms with E-state index in [9.17, 15) is 14.4 Å². The van der Waals surface area contributed by atoms with Crippen LogP contribution in [0.2, 0.25) is 0 Å². The lowest BCUT2D eigenvalue weighted by atomic mass is 9.86. The van der Waals surface area contributed by atoms with Crippen LogP contribution in [0.15, 0.2) is 29.1 Å². The number of urea groups is 1. The summed E-state index contributed by atoms with van der Waals surface area (Å²) in [6, 6.07) is 6.77. The van der Waals surface area contributed by atoms with Gasteiger partial charge in [-0.05, 0) is 37.9 Å². The van der Waals surface area contributed by atoms with E-state index in [4.69, 9.17) is 0 Å². The Kier molecular flexibility index (Phi) is 6.41. The molecule has 0 aliphatic heterocycles. The van der Waals surface area contributed by atoms with E-state index in [1.807, 2.05) is 6.07 Å². The van der Waals surface area contributed by atoms with Gasteiger partial charge in [-0.2, -0.15) is 0 Å². The van der Waals surface area contributed by atoms with E-state index in [0.29, 0.717) is 22.6 Å². The minimum Gasteiger partial charge on any atom is -0.335 e. The number of carbonyl (C=O) groups excluding carboxylic acids is 2. The van der Waals surface area contributed by atoms with Crippen molar-refractivity contribution in [2.24, 2.45) is 5.92 Å². The number of rotatable bonds is 5. The van der Waals surface area contributed by atoms with Gasteiger partial charge in [-0.25, -0.2) is 9.78 Å². The molecule has 28 heavy (non-hydrogen) atoms. The average molecular weight is 385 g/mol. The maximum atomic E-state index is 12.2. The van der Waals surface area contributed by atoms with Crippen molar-refractivity contribution in [3.63, 3.8) is 0 Å². The fraction of sp³-hybridized carbons (Fsp3) is 0.500. The lowest BCUT2D eigenvalue weighted by Gasteiger charge is -2.29. The molecule has 150 valence electrons. The lowest BCUT2D eigenvalue weighted by Crippen LogP contribution is -2.49. The number of nitrogens with zero attached hydrogens (tertiary/aromatic N) is 2. The third-order valence-electron chi connectivity index (χ3n) is 5.18. The first-order valence-corrected chi connectivity index (χ1v) is 9.69. The zero-order chi connectivity index (χ0) is 20.1. The number of imide groups is 1. The Morgan fingerprint density at radius 1 is 1.25 bits per heavy atom. The van der Waals surface area contributed by atoms with Gasteiger partial charge >= 0.3 is 6.03 Å². The number of benzene rings is 1. The number of para-hydroxylation sites is 1. The van der Waals surface area contributed by atoms with Gasteiger partial charge in [0.15, 0.2) is 0 Å². The van der Waals surface area contributed by atoms with Crippen molar-refractivity contribution in [3.05, 3.63) is 40.4 Å². The zero-order valence-corrected chi connectivity index (χ0v) is 16.3. The molecule has 2 aromatic rings. The topological polar surface area (TPSA) is 107 Å². The third-order valence-corrected chi connectivity index (χ3v) is 5.18. The SMILES string of the molecule is C[C@@H]1CCCC[C@H]1NC(=O)NC(=O)CN(C)Cc1nc2ccccc2c(=O)[nH]1. The van der Waals surface area contributed by atoms with Crippen LogP contribution in [0.25, 0.3) is 10.9 Å². The monoisotopic (exact) mass is 385 g/mol. The highest BCUT2D eigenvalue weighted by Crippen LogP contribution is 2.23. The molecule has 1 aromatic heterocycles. The molecular weight excluding hydrogens is 358 g/mol. The van der Waals surface area contributed by atoms with Gasteiger partial charge in [0.2, 0.25) is 5.91 Å². The highest BCUT2D eigenvalue weighted by molar-refractivity contribution is 5.95. The molecule has 0 spiro atoms. The maximum absolute atomic E-state index is 12.2. The summed E-state index contributed by atoms with van der Waals surface area (Å²) >= 11 is 0. The molecular formula is C20H27N5O3. The molecule has 1 aliphatic rings. The Labute approximate surface area is 163 Å². The van der Waals surface area contributed by atoms with Crippen molar-refractivity contribution in [3.8, 4) is 0 Å². The molecule has 8 heteroatoms. The second-order valence-electron chi connectivity index (χ2n) is 7.59. The van der Waals surface area contributed by atoms with Gasteiger partial charge in [-0.3, -0.25) is 19.8 Å². The van der Waals surface area contributed by atoms with Gasteiger partial charge in [0.1, 0.15) is 5.82 Å². The van der Waals surface area contributed by atoms with Crippen molar-refractivity contribution in [1.82, 2.24) is 25.5 Å². The summed E-state index contributed by atoms with van der Waals surface area (Å²) in [6.07, 6.45) is 4.33. The number of aromatic nitrogens is 2. The molecule has 2 atom stereocenters. The molecule has 3 rings (SSSR count). The predicted molar refractivity (Wildman–Crippen MR) is 107 cm³/mol. The summed E-state index contributed by atoms with van der Waals surface area (Å²) in [5.74, 6) is 0.499. The summed E-state index contributed by atoms with van der Waals surface area (Å²) in [5, 5.41) is 5.81. The summed E-state index contributed by atoms with van der Waals surface area (Å²) in [4.78, 5) is 45.2. The molecule has 1 aliphatic carbocycles. The summed E-state index contributed by atoms with van der Waals surface area (Å²) in [5.41, 5.74) is 0.402. The van der Waals surface area contributed by atoms with Crippen molar-refractivity contribution in [2.75, 3.05) is 13.6 Å². The van der Waals surface area contributed by atoms with Crippen molar-refractivity contribution >= 4 is 22.8 Å². The largest absolute Gasteiger partial charge is 0.335 e. The minimum absolute atomic E-state index is 0.0180. The van der Waals surface area contributed by atoms with Gasteiger partial charge in [0.05, 0.1) is 24.0 Å². The Hall–Kier alpha value is -2.74. The molecule has 0 bridgehead atoms. The average Bonchev–Trinajstić information content (AvgIpc) is 2.63. The van der Waals surface area contributed by atoms with Crippen LogP contribution in [0.4, 0.5) is 4.79 Å². The van der Waals surface area contributed by atoms with Crippen molar-refractivity contribution in [2.45, 2.75) is 45.2 Å². The number of amides is 3. The van der Waals surface area contributed by atoms with Crippen LogP contribution in [-0.4, -0.2) is 46.4 Å². The second kappa shape index (κ2) is 8.97. The highest BCUT2D eigenvalue weighted by atomic mass is 16.2. The lowest BCUT2D eigenvalue weighted by molar-refractivity contribution is -0.121. The van der Waals surface area contributed by atoms with Crippen LogP contribution in [0, 0.1) is 5.92 Å². The highest BCUT2D eigenvalue weighted by Gasteiger charge is 2.23. The first-order valence-electron chi connectivity index (χ1n) is 9.69. The number of fused-ring (bicyclic) bond motifs is 1. The molecule has 3 N–H and O–H groups in total. The second-order valence-corrected chi connectivity index (χ2v) is 7.59. The van der Waals surface area contributed by atoms with Gasteiger partial charge in [-0.15, -0.1) is 0 Å². The molecule has 1 heterocycles.